The fourth-order valence-electron chi connectivity index (χ4n) is 2.97. The van der Waals surface area contributed by atoms with Gasteiger partial charge in [0, 0.05) is 17.9 Å². The summed E-state index contributed by atoms with van der Waals surface area (Å²) in [4.78, 5) is 16.5. The molecule has 2 heterocycles. The minimum Gasteiger partial charge on any atom is -0.348 e. The first-order valence-corrected chi connectivity index (χ1v) is 9.95. The molecule has 132 valence electrons. The Hall–Kier alpha value is -2.41. The fraction of sp³-hybridized carbons (Fsp3) is 0.333. The van der Waals surface area contributed by atoms with Gasteiger partial charge in [-0.05, 0) is 55.7 Å². The molecule has 3 rings (SSSR count). The predicted octanol–water partition coefficient (Wildman–Crippen LogP) is 2.36. The van der Waals surface area contributed by atoms with E-state index in [9.17, 15) is 13.2 Å². The van der Waals surface area contributed by atoms with E-state index in [-0.39, 0.29) is 23.5 Å². The maximum atomic E-state index is 12.2. The van der Waals surface area contributed by atoms with E-state index < -0.39 is 9.84 Å². The summed E-state index contributed by atoms with van der Waals surface area (Å²) >= 11 is 0. The number of hydrogen-bond donors (Lipinski definition) is 2. The van der Waals surface area contributed by atoms with Crippen LogP contribution in [0.2, 0.25) is 0 Å². The molecule has 1 atom stereocenters. The van der Waals surface area contributed by atoms with E-state index in [0.717, 1.165) is 16.8 Å². The molecule has 1 aromatic carbocycles. The molecule has 25 heavy (non-hydrogen) atoms. The summed E-state index contributed by atoms with van der Waals surface area (Å²) in [5, 5.41) is 5.97. The Morgan fingerprint density at radius 1 is 1.16 bits per heavy atom. The average molecular weight is 359 g/mol. The second-order valence-corrected chi connectivity index (χ2v) is 8.74. The number of benzene rings is 1. The first-order chi connectivity index (χ1) is 11.8. The number of anilines is 2. The SMILES string of the molecule is Cc1cc(C)cc(Nc2ccc(C(=O)NC3CCS(=O)(=O)C3)cn2)c1. The van der Waals surface area contributed by atoms with Crippen LogP contribution >= 0.6 is 0 Å². The second-order valence-electron chi connectivity index (χ2n) is 6.51. The molecule has 1 fully saturated rings. The molecule has 1 amide bonds. The first-order valence-electron chi connectivity index (χ1n) is 8.13. The van der Waals surface area contributed by atoms with Crippen molar-refractivity contribution in [2.24, 2.45) is 0 Å². The third-order valence-corrected chi connectivity index (χ3v) is 5.86. The van der Waals surface area contributed by atoms with Gasteiger partial charge in [-0.1, -0.05) is 6.07 Å². The summed E-state index contributed by atoms with van der Waals surface area (Å²) in [7, 11) is -3.01. The van der Waals surface area contributed by atoms with Crippen molar-refractivity contribution < 1.29 is 13.2 Å². The van der Waals surface area contributed by atoms with Gasteiger partial charge in [0.25, 0.3) is 5.91 Å². The van der Waals surface area contributed by atoms with Gasteiger partial charge in [-0.15, -0.1) is 0 Å². The van der Waals surface area contributed by atoms with Gasteiger partial charge in [-0.3, -0.25) is 4.79 Å². The van der Waals surface area contributed by atoms with Crippen LogP contribution in [0.15, 0.2) is 36.5 Å². The van der Waals surface area contributed by atoms with Gasteiger partial charge in [0.1, 0.15) is 5.82 Å². The molecule has 0 bridgehead atoms. The molecule has 1 aliphatic rings. The Morgan fingerprint density at radius 3 is 2.44 bits per heavy atom. The number of amides is 1. The zero-order valence-corrected chi connectivity index (χ0v) is 15.1. The highest BCUT2D eigenvalue weighted by Crippen LogP contribution is 2.18. The number of nitrogens with zero attached hydrogens (tertiary/aromatic N) is 1. The number of hydrogen-bond acceptors (Lipinski definition) is 5. The zero-order valence-electron chi connectivity index (χ0n) is 14.2. The van der Waals surface area contributed by atoms with E-state index in [1.54, 1.807) is 12.1 Å². The van der Waals surface area contributed by atoms with Gasteiger partial charge in [0.15, 0.2) is 9.84 Å². The lowest BCUT2D eigenvalue weighted by molar-refractivity contribution is 0.0941. The maximum absolute atomic E-state index is 12.2. The highest BCUT2D eigenvalue weighted by Gasteiger charge is 2.29. The molecule has 1 unspecified atom stereocenters. The van der Waals surface area contributed by atoms with E-state index in [1.165, 1.54) is 6.20 Å². The topological polar surface area (TPSA) is 88.2 Å². The van der Waals surface area contributed by atoms with Gasteiger partial charge >= 0.3 is 0 Å². The standard InChI is InChI=1S/C18H21N3O3S/c1-12-7-13(2)9-16(8-12)20-17-4-3-14(10-19-17)18(22)21-15-5-6-25(23,24)11-15/h3-4,7-10,15H,5-6,11H2,1-2H3,(H,19,20)(H,21,22). The van der Waals surface area contributed by atoms with Crippen molar-refractivity contribution in [1.82, 2.24) is 10.3 Å². The quantitative estimate of drug-likeness (QED) is 0.875. The van der Waals surface area contributed by atoms with Crippen LogP contribution in [0.3, 0.4) is 0 Å². The van der Waals surface area contributed by atoms with Crippen LogP contribution in [0.25, 0.3) is 0 Å². The van der Waals surface area contributed by atoms with Crippen LogP contribution in [0.4, 0.5) is 11.5 Å². The lowest BCUT2D eigenvalue weighted by Crippen LogP contribution is -2.35. The van der Waals surface area contributed by atoms with E-state index in [1.807, 2.05) is 26.0 Å². The van der Waals surface area contributed by atoms with Crippen LogP contribution in [0.5, 0.6) is 0 Å². The summed E-state index contributed by atoms with van der Waals surface area (Å²) < 4.78 is 22.9. The lowest BCUT2D eigenvalue weighted by Gasteiger charge is -2.11. The Balaban J connectivity index is 1.64. The number of nitrogens with one attached hydrogen (secondary N) is 2. The maximum Gasteiger partial charge on any atom is 0.253 e. The molecule has 2 aromatic rings. The first kappa shape index (κ1) is 17.4. The minimum atomic E-state index is -3.01. The normalized spacial score (nSPS) is 18.7. The molecule has 1 aliphatic heterocycles. The van der Waals surface area contributed by atoms with Crippen LogP contribution in [0.1, 0.15) is 27.9 Å². The van der Waals surface area contributed by atoms with Gasteiger partial charge in [0.05, 0.1) is 17.1 Å². The molecular weight excluding hydrogens is 338 g/mol. The molecule has 0 spiro atoms. The second kappa shape index (κ2) is 6.84. The van der Waals surface area contributed by atoms with Crippen molar-refractivity contribution in [1.29, 1.82) is 0 Å². The van der Waals surface area contributed by atoms with Crippen molar-refractivity contribution in [3.63, 3.8) is 0 Å². The molecule has 1 saturated heterocycles. The third-order valence-electron chi connectivity index (χ3n) is 4.09. The van der Waals surface area contributed by atoms with Gasteiger partial charge < -0.3 is 10.6 Å². The Bertz CT molecular complexity index is 872. The number of sulfone groups is 1. The van der Waals surface area contributed by atoms with Crippen LogP contribution in [-0.4, -0.2) is 36.9 Å². The van der Waals surface area contributed by atoms with Crippen molar-refractivity contribution in [3.8, 4) is 0 Å². The van der Waals surface area contributed by atoms with Gasteiger partial charge in [-0.25, -0.2) is 13.4 Å². The lowest BCUT2D eigenvalue weighted by atomic mass is 10.1. The number of carbonyl (C=O) groups excluding carboxylic acids is 1. The molecule has 6 nitrogen and oxygen atoms in total. The fourth-order valence-corrected chi connectivity index (χ4v) is 4.65. The molecular formula is C18H21N3O3S. The highest BCUT2D eigenvalue weighted by atomic mass is 32.2. The Morgan fingerprint density at radius 2 is 1.88 bits per heavy atom. The molecule has 0 aliphatic carbocycles. The number of aryl methyl sites for hydroxylation is 2. The van der Waals surface area contributed by atoms with Crippen molar-refractivity contribution >= 4 is 27.2 Å². The summed E-state index contributed by atoms with van der Waals surface area (Å²) in [6, 6.07) is 9.24. The number of rotatable bonds is 4. The van der Waals surface area contributed by atoms with Crippen LogP contribution in [0, 0.1) is 13.8 Å². The Kier molecular flexibility index (Phi) is 4.76. The Labute approximate surface area is 147 Å². The average Bonchev–Trinajstić information content (AvgIpc) is 2.85. The van der Waals surface area contributed by atoms with E-state index in [0.29, 0.717) is 17.8 Å². The largest absolute Gasteiger partial charge is 0.348 e. The van der Waals surface area contributed by atoms with Crippen molar-refractivity contribution in [3.05, 3.63) is 53.2 Å². The van der Waals surface area contributed by atoms with Crippen LogP contribution < -0.4 is 10.6 Å². The predicted molar refractivity (Wildman–Crippen MR) is 98.0 cm³/mol. The van der Waals surface area contributed by atoms with Gasteiger partial charge in [0.2, 0.25) is 0 Å². The van der Waals surface area contributed by atoms with Crippen molar-refractivity contribution in [2.75, 3.05) is 16.8 Å². The van der Waals surface area contributed by atoms with Crippen LogP contribution in [-0.2, 0) is 9.84 Å². The van der Waals surface area contributed by atoms with Gasteiger partial charge in [-0.2, -0.15) is 0 Å². The summed E-state index contributed by atoms with van der Waals surface area (Å²) in [6.45, 7) is 4.06. The zero-order chi connectivity index (χ0) is 18.0. The number of aromatic nitrogens is 1. The van der Waals surface area contributed by atoms with Crippen molar-refractivity contribution in [2.45, 2.75) is 26.3 Å². The minimum absolute atomic E-state index is 0.0124. The molecule has 0 radical (unpaired) electrons. The highest BCUT2D eigenvalue weighted by molar-refractivity contribution is 7.91. The third kappa shape index (κ3) is 4.57. The molecule has 7 heteroatoms. The molecule has 2 N–H and O–H groups in total. The summed E-state index contributed by atoms with van der Waals surface area (Å²) in [5.74, 6) is 0.491. The summed E-state index contributed by atoms with van der Waals surface area (Å²) in [5.41, 5.74) is 3.67. The number of pyridine rings is 1. The monoisotopic (exact) mass is 359 g/mol. The van der Waals surface area contributed by atoms with E-state index in [2.05, 4.69) is 21.7 Å². The van der Waals surface area contributed by atoms with E-state index in [4.69, 9.17) is 0 Å². The molecule has 0 saturated carbocycles. The molecule has 1 aromatic heterocycles. The number of carbonyl (C=O) groups is 1. The van der Waals surface area contributed by atoms with E-state index >= 15 is 0 Å². The smallest absolute Gasteiger partial charge is 0.253 e. The summed E-state index contributed by atoms with van der Waals surface area (Å²) in [6.07, 6.45) is 1.96.